The van der Waals surface area contributed by atoms with Crippen molar-refractivity contribution in [3.8, 4) is 23.3 Å². The Morgan fingerprint density at radius 3 is 2.84 bits per heavy atom. The first-order valence-electron chi connectivity index (χ1n) is 12.4. The van der Waals surface area contributed by atoms with Gasteiger partial charge in [-0.3, -0.25) is 20.0 Å². The zero-order valence-electron chi connectivity index (χ0n) is 21.1. The van der Waals surface area contributed by atoms with Crippen LogP contribution in [0.1, 0.15) is 41.9 Å². The van der Waals surface area contributed by atoms with Crippen LogP contribution in [0.2, 0.25) is 0 Å². The lowest BCUT2D eigenvalue weighted by atomic mass is 10.1. The Labute approximate surface area is 223 Å². The minimum absolute atomic E-state index is 0.0231. The van der Waals surface area contributed by atoms with Gasteiger partial charge in [-0.25, -0.2) is 9.97 Å². The maximum absolute atomic E-state index is 12.6. The average molecular weight is 530 g/mol. The van der Waals surface area contributed by atoms with Gasteiger partial charge in [-0.05, 0) is 56.4 Å². The molecule has 0 radical (unpaired) electrons. The second-order valence-corrected chi connectivity index (χ2v) is 9.90. The highest BCUT2D eigenvalue weighted by atomic mass is 32.1. The molecule has 1 saturated heterocycles. The number of ether oxygens (including phenoxy) is 1. The minimum Gasteiger partial charge on any atom is -0.456 e. The molecule has 4 heterocycles. The summed E-state index contributed by atoms with van der Waals surface area (Å²) in [5.74, 6) is 6.64. The topological polar surface area (TPSA) is 125 Å². The molecule has 10 nitrogen and oxygen atoms in total. The second-order valence-electron chi connectivity index (χ2n) is 8.78. The van der Waals surface area contributed by atoms with Gasteiger partial charge in [0.05, 0.1) is 0 Å². The zero-order chi connectivity index (χ0) is 26.5. The second kappa shape index (κ2) is 11.3. The predicted molar refractivity (Wildman–Crippen MR) is 147 cm³/mol. The number of nitrogens with zero attached hydrogens (tertiary/aromatic N) is 4. The summed E-state index contributed by atoms with van der Waals surface area (Å²) in [4.78, 5) is 36.3. The summed E-state index contributed by atoms with van der Waals surface area (Å²) in [7, 11) is 0. The number of pyridine rings is 1. The van der Waals surface area contributed by atoms with Crippen molar-refractivity contribution >= 4 is 45.1 Å². The molecule has 1 aliphatic rings. The van der Waals surface area contributed by atoms with Crippen molar-refractivity contribution in [1.29, 1.82) is 0 Å². The SMILES string of the molecule is CC#CC(=O)N1CCC[C@@H](Nc2n[nH]c3nccc(Oc4ccc(C(=O)Nc5ncc(CC)s5)cc4)c23)C1. The Morgan fingerprint density at radius 1 is 1.24 bits per heavy atom. The van der Waals surface area contributed by atoms with Crippen molar-refractivity contribution in [3.05, 3.63) is 53.2 Å². The number of aromatic nitrogens is 4. The van der Waals surface area contributed by atoms with E-state index < -0.39 is 0 Å². The molecule has 0 saturated carbocycles. The number of nitrogens with one attached hydrogen (secondary N) is 3. The average Bonchev–Trinajstić information content (AvgIpc) is 3.57. The van der Waals surface area contributed by atoms with Gasteiger partial charge in [0.15, 0.2) is 16.6 Å². The summed E-state index contributed by atoms with van der Waals surface area (Å²) >= 11 is 1.47. The third kappa shape index (κ3) is 5.60. The van der Waals surface area contributed by atoms with Crippen molar-refractivity contribution in [3.63, 3.8) is 0 Å². The molecule has 1 fully saturated rings. The van der Waals surface area contributed by atoms with Crippen molar-refractivity contribution < 1.29 is 14.3 Å². The van der Waals surface area contributed by atoms with Gasteiger partial charge in [0.1, 0.15) is 16.9 Å². The number of aryl methyl sites for hydroxylation is 1. The number of carbonyl (C=O) groups is 2. The summed E-state index contributed by atoms with van der Waals surface area (Å²) in [6.07, 6.45) is 6.07. The first-order valence-corrected chi connectivity index (χ1v) is 13.2. The molecule has 1 aromatic carbocycles. The van der Waals surface area contributed by atoms with Crippen molar-refractivity contribution in [2.45, 2.75) is 39.2 Å². The van der Waals surface area contributed by atoms with Gasteiger partial charge >= 0.3 is 0 Å². The zero-order valence-corrected chi connectivity index (χ0v) is 21.9. The maximum Gasteiger partial charge on any atom is 0.298 e. The van der Waals surface area contributed by atoms with E-state index in [1.54, 1.807) is 54.5 Å². The van der Waals surface area contributed by atoms with Crippen molar-refractivity contribution in [2.75, 3.05) is 23.7 Å². The predicted octanol–water partition coefficient (Wildman–Crippen LogP) is 4.45. The van der Waals surface area contributed by atoms with Gasteiger partial charge in [-0.15, -0.1) is 11.3 Å². The third-order valence-electron chi connectivity index (χ3n) is 6.17. The Morgan fingerprint density at radius 2 is 2.08 bits per heavy atom. The fourth-order valence-corrected chi connectivity index (χ4v) is 5.02. The van der Waals surface area contributed by atoms with Gasteiger partial charge in [-0.2, -0.15) is 5.10 Å². The number of anilines is 2. The lowest BCUT2D eigenvalue weighted by molar-refractivity contribution is -0.126. The van der Waals surface area contributed by atoms with E-state index in [-0.39, 0.29) is 17.9 Å². The quantitative estimate of drug-likeness (QED) is 0.302. The van der Waals surface area contributed by atoms with Crippen LogP contribution < -0.4 is 15.4 Å². The van der Waals surface area contributed by atoms with Crippen LogP contribution in [-0.2, 0) is 11.2 Å². The Balaban J connectivity index is 1.29. The normalized spacial score (nSPS) is 15.0. The van der Waals surface area contributed by atoms with E-state index >= 15 is 0 Å². The number of carbonyl (C=O) groups excluding carboxylic acids is 2. The number of amides is 2. The first-order chi connectivity index (χ1) is 18.5. The molecule has 0 bridgehead atoms. The fourth-order valence-electron chi connectivity index (χ4n) is 4.27. The van der Waals surface area contributed by atoms with E-state index in [0.29, 0.717) is 52.1 Å². The monoisotopic (exact) mass is 529 g/mol. The van der Waals surface area contributed by atoms with Crippen LogP contribution in [-0.4, -0.2) is 56.0 Å². The van der Waals surface area contributed by atoms with E-state index in [1.807, 2.05) is 6.92 Å². The first kappa shape index (κ1) is 25.2. The standard InChI is InChI=1S/C27H27N7O3S/c1-3-6-22(35)34-14-5-7-18(16-34)30-25-23-21(12-13-28-24(23)32-33-25)37-19-10-8-17(9-11-19)26(36)31-27-29-15-20(4-2)38-27/h8-13,15,18H,4-5,7,14,16H2,1-2H3,(H,29,31,36)(H2,28,30,32,33)/t18-/m1/s1. The summed E-state index contributed by atoms with van der Waals surface area (Å²) in [6, 6.07) is 8.69. The molecule has 5 rings (SSSR count). The number of thiazole rings is 1. The molecular weight excluding hydrogens is 502 g/mol. The van der Waals surface area contributed by atoms with Crippen LogP contribution >= 0.6 is 11.3 Å². The molecular formula is C27H27N7O3S. The van der Waals surface area contributed by atoms with Crippen LogP contribution in [0.25, 0.3) is 11.0 Å². The molecule has 0 spiro atoms. The van der Waals surface area contributed by atoms with Crippen molar-refractivity contribution in [2.24, 2.45) is 0 Å². The lowest BCUT2D eigenvalue weighted by Gasteiger charge is -2.32. The van der Waals surface area contributed by atoms with Gasteiger partial charge < -0.3 is 15.0 Å². The van der Waals surface area contributed by atoms with Gasteiger partial charge in [-0.1, -0.05) is 12.8 Å². The van der Waals surface area contributed by atoms with Crippen LogP contribution in [0, 0.1) is 11.8 Å². The highest BCUT2D eigenvalue weighted by Gasteiger charge is 2.24. The van der Waals surface area contributed by atoms with Gasteiger partial charge in [0.2, 0.25) is 0 Å². The van der Waals surface area contributed by atoms with Crippen LogP contribution in [0.3, 0.4) is 0 Å². The highest BCUT2D eigenvalue weighted by Crippen LogP contribution is 2.33. The number of rotatable bonds is 7. The molecule has 1 atom stereocenters. The number of benzene rings is 1. The smallest absolute Gasteiger partial charge is 0.298 e. The summed E-state index contributed by atoms with van der Waals surface area (Å²) < 4.78 is 6.18. The highest BCUT2D eigenvalue weighted by molar-refractivity contribution is 7.15. The van der Waals surface area contributed by atoms with E-state index in [4.69, 9.17) is 4.74 Å². The molecule has 194 valence electrons. The Bertz CT molecular complexity index is 1520. The molecule has 11 heteroatoms. The van der Waals surface area contributed by atoms with Gasteiger partial charge in [0, 0.05) is 48.0 Å². The molecule has 0 unspecified atom stereocenters. The molecule has 1 aliphatic heterocycles. The lowest BCUT2D eigenvalue weighted by Crippen LogP contribution is -2.44. The van der Waals surface area contributed by atoms with E-state index in [9.17, 15) is 9.59 Å². The Kier molecular flexibility index (Phi) is 7.51. The van der Waals surface area contributed by atoms with Crippen LogP contribution in [0.5, 0.6) is 11.5 Å². The number of aromatic amines is 1. The summed E-state index contributed by atoms with van der Waals surface area (Å²) in [5.41, 5.74) is 1.08. The number of H-pyrrole nitrogens is 1. The van der Waals surface area contributed by atoms with E-state index in [1.165, 1.54) is 11.3 Å². The molecule has 38 heavy (non-hydrogen) atoms. The van der Waals surface area contributed by atoms with E-state index in [0.717, 1.165) is 24.1 Å². The number of hydrogen-bond acceptors (Lipinski definition) is 8. The number of likely N-dealkylation sites (tertiary alicyclic amines) is 1. The summed E-state index contributed by atoms with van der Waals surface area (Å²) in [6.45, 7) is 4.95. The van der Waals surface area contributed by atoms with Crippen LogP contribution in [0.4, 0.5) is 10.9 Å². The summed E-state index contributed by atoms with van der Waals surface area (Å²) in [5, 5.41) is 14.9. The van der Waals surface area contributed by atoms with Crippen LogP contribution in [0.15, 0.2) is 42.7 Å². The molecule has 0 aliphatic carbocycles. The van der Waals surface area contributed by atoms with Crippen molar-refractivity contribution in [1.82, 2.24) is 25.1 Å². The molecule has 2 amide bonds. The fraction of sp³-hybridized carbons (Fsp3) is 0.296. The molecule has 4 aromatic rings. The minimum atomic E-state index is -0.230. The number of piperidine rings is 1. The van der Waals surface area contributed by atoms with E-state index in [2.05, 4.69) is 42.6 Å². The molecule has 3 N–H and O–H groups in total. The molecule has 3 aromatic heterocycles. The third-order valence-corrected chi connectivity index (χ3v) is 7.23. The maximum atomic E-state index is 12.6. The number of hydrogen-bond donors (Lipinski definition) is 3. The number of fused-ring (bicyclic) bond motifs is 1. The largest absolute Gasteiger partial charge is 0.456 e. The van der Waals surface area contributed by atoms with Gasteiger partial charge in [0.25, 0.3) is 11.8 Å². The Hall–Kier alpha value is -4.43.